The van der Waals surface area contributed by atoms with Crippen LogP contribution in [0, 0.1) is 0 Å². The first-order valence-electron chi connectivity index (χ1n) is 6.54. The first-order chi connectivity index (χ1) is 10.3. The highest BCUT2D eigenvalue weighted by Crippen LogP contribution is 2.20. The number of pyridine rings is 1. The smallest absolute Gasteiger partial charge is 0.278 e. The summed E-state index contributed by atoms with van der Waals surface area (Å²) in [5.74, 6) is 1.70. The molecule has 0 aliphatic heterocycles. The molecule has 2 heterocycles. The summed E-state index contributed by atoms with van der Waals surface area (Å²) in [6, 6.07) is 13.1. The molecule has 6 nitrogen and oxygen atoms in total. The van der Waals surface area contributed by atoms with Crippen LogP contribution in [0.15, 0.2) is 53.2 Å². The summed E-state index contributed by atoms with van der Waals surface area (Å²) in [5.41, 5.74) is 6.83. The van der Waals surface area contributed by atoms with Gasteiger partial charge in [0.25, 0.3) is 5.89 Å². The van der Waals surface area contributed by atoms with Gasteiger partial charge in [0.1, 0.15) is 5.75 Å². The summed E-state index contributed by atoms with van der Waals surface area (Å²) in [4.78, 5) is 8.41. The Labute approximate surface area is 121 Å². The molecule has 0 aliphatic carbocycles. The van der Waals surface area contributed by atoms with Crippen molar-refractivity contribution >= 4 is 5.69 Å². The minimum Gasteiger partial charge on any atom is -0.493 e. The number of aromatic nitrogens is 3. The molecule has 2 N–H and O–H groups in total. The Morgan fingerprint density at radius 3 is 2.76 bits per heavy atom. The first kappa shape index (κ1) is 13.1. The van der Waals surface area contributed by atoms with Gasteiger partial charge in [-0.2, -0.15) is 4.98 Å². The van der Waals surface area contributed by atoms with Crippen molar-refractivity contribution in [1.82, 2.24) is 15.1 Å². The van der Waals surface area contributed by atoms with E-state index in [0.717, 1.165) is 5.75 Å². The molecule has 0 unspecified atom stereocenters. The zero-order valence-corrected chi connectivity index (χ0v) is 11.3. The number of para-hydroxylation sites is 1. The second-order valence-electron chi connectivity index (χ2n) is 4.37. The molecule has 3 aromatic rings. The maximum Gasteiger partial charge on any atom is 0.278 e. The van der Waals surface area contributed by atoms with Gasteiger partial charge in [-0.1, -0.05) is 23.4 Å². The Morgan fingerprint density at radius 2 is 1.95 bits per heavy atom. The summed E-state index contributed by atoms with van der Waals surface area (Å²) in [6.45, 7) is 0.473. The van der Waals surface area contributed by atoms with Gasteiger partial charge in [0, 0.05) is 12.6 Å². The van der Waals surface area contributed by atoms with Crippen molar-refractivity contribution in [1.29, 1.82) is 0 Å². The standard InChI is InChI=1S/C15H14N4O2/c16-12-7-4-9-17-14(12)15-18-13(19-21-15)8-10-20-11-5-2-1-3-6-11/h1-7,9H,8,10,16H2. The molecular formula is C15H14N4O2. The second-order valence-corrected chi connectivity index (χ2v) is 4.37. The first-order valence-corrected chi connectivity index (χ1v) is 6.54. The van der Waals surface area contributed by atoms with Crippen molar-refractivity contribution in [3.8, 4) is 17.3 Å². The average molecular weight is 282 g/mol. The highest BCUT2D eigenvalue weighted by Gasteiger charge is 2.12. The fraction of sp³-hybridized carbons (Fsp3) is 0.133. The molecule has 21 heavy (non-hydrogen) atoms. The van der Waals surface area contributed by atoms with Crippen LogP contribution in [-0.2, 0) is 6.42 Å². The Morgan fingerprint density at radius 1 is 1.10 bits per heavy atom. The molecule has 0 saturated heterocycles. The molecule has 0 fully saturated rings. The number of anilines is 1. The van der Waals surface area contributed by atoms with E-state index in [9.17, 15) is 0 Å². The lowest BCUT2D eigenvalue weighted by molar-refractivity contribution is 0.315. The lowest BCUT2D eigenvalue weighted by Crippen LogP contribution is -2.02. The highest BCUT2D eigenvalue weighted by atomic mass is 16.5. The Balaban J connectivity index is 1.62. The van der Waals surface area contributed by atoms with Crippen molar-refractivity contribution in [2.75, 3.05) is 12.3 Å². The minimum atomic E-state index is 0.322. The molecule has 6 heteroatoms. The van der Waals surface area contributed by atoms with Crippen molar-refractivity contribution in [3.05, 3.63) is 54.5 Å². The van der Waals surface area contributed by atoms with Gasteiger partial charge in [-0.15, -0.1) is 0 Å². The van der Waals surface area contributed by atoms with E-state index in [-0.39, 0.29) is 0 Å². The highest BCUT2D eigenvalue weighted by molar-refractivity contribution is 5.65. The van der Waals surface area contributed by atoms with Gasteiger partial charge in [-0.3, -0.25) is 0 Å². The van der Waals surface area contributed by atoms with Crippen LogP contribution < -0.4 is 10.5 Å². The van der Waals surface area contributed by atoms with Crippen LogP contribution in [-0.4, -0.2) is 21.7 Å². The number of rotatable bonds is 5. The lowest BCUT2D eigenvalue weighted by Gasteiger charge is -2.02. The van der Waals surface area contributed by atoms with Crippen molar-refractivity contribution in [2.45, 2.75) is 6.42 Å². The third-order valence-corrected chi connectivity index (χ3v) is 2.85. The fourth-order valence-corrected chi connectivity index (χ4v) is 1.83. The van der Waals surface area contributed by atoms with Crippen LogP contribution in [0.5, 0.6) is 5.75 Å². The molecule has 1 aromatic carbocycles. The van der Waals surface area contributed by atoms with Crippen LogP contribution in [0.4, 0.5) is 5.69 Å². The molecule has 3 rings (SSSR count). The van der Waals surface area contributed by atoms with E-state index in [1.807, 2.05) is 30.3 Å². The zero-order valence-electron chi connectivity index (χ0n) is 11.3. The molecule has 0 bridgehead atoms. The van der Waals surface area contributed by atoms with Gasteiger partial charge in [-0.25, -0.2) is 4.98 Å². The van der Waals surface area contributed by atoms with Crippen LogP contribution in [0.25, 0.3) is 11.6 Å². The SMILES string of the molecule is Nc1cccnc1-c1nc(CCOc2ccccc2)no1. The largest absolute Gasteiger partial charge is 0.493 e. The van der Waals surface area contributed by atoms with E-state index in [1.165, 1.54) is 0 Å². The molecule has 2 aromatic heterocycles. The summed E-state index contributed by atoms with van der Waals surface area (Å²) in [5, 5.41) is 3.90. The molecule has 0 atom stereocenters. The number of nitrogens with zero attached hydrogens (tertiary/aromatic N) is 3. The summed E-state index contributed by atoms with van der Waals surface area (Å²) in [7, 11) is 0. The molecule has 0 aliphatic rings. The van der Waals surface area contributed by atoms with Gasteiger partial charge >= 0.3 is 0 Å². The number of nitrogen functional groups attached to an aromatic ring is 1. The van der Waals surface area contributed by atoms with Crippen molar-refractivity contribution < 1.29 is 9.26 Å². The maximum atomic E-state index is 5.82. The summed E-state index contributed by atoms with van der Waals surface area (Å²) < 4.78 is 10.8. The quantitative estimate of drug-likeness (QED) is 0.772. The van der Waals surface area contributed by atoms with Crippen molar-refractivity contribution in [2.24, 2.45) is 0 Å². The normalized spacial score (nSPS) is 10.5. The van der Waals surface area contributed by atoms with Crippen LogP contribution in [0.1, 0.15) is 5.82 Å². The second kappa shape index (κ2) is 6.04. The molecule has 0 radical (unpaired) electrons. The summed E-state index contributed by atoms with van der Waals surface area (Å²) in [6.07, 6.45) is 2.18. The van der Waals surface area contributed by atoms with Gasteiger partial charge < -0.3 is 15.0 Å². The Hall–Kier alpha value is -2.89. The third kappa shape index (κ3) is 3.17. The zero-order chi connectivity index (χ0) is 14.5. The monoisotopic (exact) mass is 282 g/mol. The number of ether oxygens (including phenoxy) is 1. The van der Waals surface area contributed by atoms with Crippen LogP contribution in [0.2, 0.25) is 0 Å². The number of hydrogen-bond acceptors (Lipinski definition) is 6. The number of nitrogens with two attached hydrogens (primary N) is 1. The van der Waals surface area contributed by atoms with E-state index in [4.69, 9.17) is 15.0 Å². The van der Waals surface area contributed by atoms with E-state index < -0.39 is 0 Å². The van der Waals surface area contributed by atoms with Crippen LogP contribution in [0.3, 0.4) is 0 Å². The molecule has 0 spiro atoms. The number of benzene rings is 1. The molecule has 106 valence electrons. The molecule has 0 amide bonds. The van der Waals surface area contributed by atoms with Gasteiger partial charge in [0.05, 0.1) is 12.3 Å². The Kier molecular flexibility index (Phi) is 3.77. The average Bonchev–Trinajstić information content (AvgIpc) is 2.97. The van der Waals surface area contributed by atoms with Gasteiger partial charge in [-0.05, 0) is 24.3 Å². The fourth-order valence-electron chi connectivity index (χ4n) is 1.83. The minimum absolute atomic E-state index is 0.322. The lowest BCUT2D eigenvalue weighted by atomic mass is 10.3. The van der Waals surface area contributed by atoms with E-state index in [0.29, 0.717) is 36.1 Å². The third-order valence-electron chi connectivity index (χ3n) is 2.85. The topological polar surface area (TPSA) is 87.1 Å². The number of hydrogen-bond donors (Lipinski definition) is 1. The molecular weight excluding hydrogens is 268 g/mol. The van der Waals surface area contributed by atoms with E-state index in [1.54, 1.807) is 18.3 Å². The van der Waals surface area contributed by atoms with Gasteiger partial charge in [0.15, 0.2) is 11.5 Å². The predicted octanol–water partition coefficient (Wildman–Crippen LogP) is 2.34. The van der Waals surface area contributed by atoms with E-state index in [2.05, 4.69) is 15.1 Å². The van der Waals surface area contributed by atoms with E-state index >= 15 is 0 Å². The summed E-state index contributed by atoms with van der Waals surface area (Å²) >= 11 is 0. The Bertz CT molecular complexity index is 712. The van der Waals surface area contributed by atoms with Crippen LogP contribution >= 0.6 is 0 Å². The molecule has 0 saturated carbocycles. The van der Waals surface area contributed by atoms with Gasteiger partial charge in [0.2, 0.25) is 0 Å². The maximum absolute atomic E-state index is 5.82. The predicted molar refractivity (Wildman–Crippen MR) is 77.6 cm³/mol. The van der Waals surface area contributed by atoms with Crippen molar-refractivity contribution in [3.63, 3.8) is 0 Å².